The summed E-state index contributed by atoms with van der Waals surface area (Å²) in [6.07, 6.45) is 10.4. The van der Waals surface area contributed by atoms with Crippen LogP contribution in [0.25, 0.3) is 22.3 Å². The van der Waals surface area contributed by atoms with Crippen LogP contribution < -0.4 is 4.74 Å². The van der Waals surface area contributed by atoms with Crippen LogP contribution >= 0.6 is 0 Å². The first kappa shape index (κ1) is 26.8. The Bertz CT molecular complexity index is 1040. The van der Waals surface area contributed by atoms with Crippen LogP contribution in [0, 0.1) is 17.5 Å². The molecule has 0 aliphatic rings. The molecular weight excluding hydrogens is 445 g/mol. The van der Waals surface area contributed by atoms with Gasteiger partial charge in [0, 0.05) is 5.56 Å². The Balaban J connectivity index is 1.64. The molecule has 0 heterocycles. The molecule has 0 spiro atoms. The van der Waals surface area contributed by atoms with Crippen molar-refractivity contribution in [2.45, 2.75) is 78.1 Å². The minimum Gasteiger partial charge on any atom is -0.494 e. The molecule has 0 unspecified atom stereocenters. The predicted octanol–water partition coefficient (Wildman–Crippen LogP) is 9.91. The van der Waals surface area contributed by atoms with Crippen LogP contribution in [-0.2, 0) is 6.42 Å². The van der Waals surface area contributed by atoms with Gasteiger partial charge in [-0.05, 0) is 59.7 Å². The molecule has 0 saturated carbocycles. The monoisotopic (exact) mass is 482 g/mol. The van der Waals surface area contributed by atoms with Gasteiger partial charge in [0.25, 0.3) is 0 Å². The van der Waals surface area contributed by atoms with Crippen LogP contribution in [0.4, 0.5) is 13.2 Å². The number of hydrogen-bond acceptors (Lipinski definition) is 1. The lowest BCUT2D eigenvalue weighted by Crippen LogP contribution is -2.01. The SMILES string of the molecule is CCCCCCCCOc1ccc(-c2ccc(-c3cc(CCCCC)c(F)c(F)c3F)cc2)cc1. The van der Waals surface area contributed by atoms with Crippen molar-refractivity contribution in [3.63, 3.8) is 0 Å². The van der Waals surface area contributed by atoms with E-state index in [-0.39, 0.29) is 11.1 Å². The number of hydrogen-bond donors (Lipinski definition) is 0. The molecule has 0 fully saturated rings. The zero-order valence-electron chi connectivity index (χ0n) is 21.0. The lowest BCUT2D eigenvalue weighted by molar-refractivity contribution is 0.304. The van der Waals surface area contributed by atoms with Gasteiger partial charge in [0.15, 0.2) is 17.5 Å². The fourth-order valence-corrected chi connectivity index (χ4v) is 4.27. The molecular formula is C31H37F3O. The van der Waals surface area contributed by atoms with Crippen LogP contribution in [0.15, 0.2) is 54.6 Å². The molecule has 0 atom stereocenters. The Morgan fingerprint density at radius 1 is 0.571 bits per heavy atom. The second-order valence-corrected chi connectivity index (χ2v) is 9.20. The van der Waals surface area contributed by atoms with Crippen molar-refractivity contribution in [2.24, 2.45) is 0 Å². The van der Waals surface area contributed by atoms with E-state index in [2.05, 4.69) is 6.92 Å². The van der Waals surface area contributed by atoms with Gasteiger partial charge in [0.2, 0.25) is 0 Å². The second kappa shape index (κ2) is 14.0. The minimum atomic E-state index is -1.39. The van der Waals surface area contributed by atoms with Crippen LogP contribution in [0.3, 0.4) is 0 Å². The summed E-state index contributed by atoms with van der Waals surface area (Å²) >= 11 is 0. The quantitative estimate of drug-likeness (QED) is 0.164. The number of ether oxygens (including phenoxy) is 1. The molecule has 3 aromatic rings. The number of halogens is 3. The van der Waals surface area contributed by atoms with E-state index in [9.17, 15) is 13.2 Å². The summed E-state index contributed by atoms with van der Waals surface area (Å²) in [5.74, 6) is -2.76. The third kappa shape index (κ3) is 7.62. The Morgan fingerprint density at radius 2 is 1.11 bits per heavy atom. The highest BCUT2D eigenvalue weighted by Gasteiger charge is 2.19. The summed E-state index contributed by atoms with van der Waals surface area (Å²) in [5.41, 5.74) is 2.83. The molecule has 0 radical (unpaired) electrons. The topological polar surface area (TPSA) is 9.23 Å². The summed E-state index contributed by atoms with van der Waals surface area (Å²) in [5, 5.41) is 0. The Labute approximate surface area is 208 Å². The van der Waals surface area contributed by atoms with Crippen molar-refractivity contribution < 1.29 is 17.9 Å². The first-order chi connectivity index (χ1) is 17.0. The average molecular weight is 483 g/mol. The molecule has 3 aromatic carbocycles. The van der Waals surface area contributed by atoms with Crippen LogP contribution in [-0.4, -0.2) is 6.61 Å². The molecule has 0 amide bonds. The zero-order valence-corrected chi connectivity index (χ0v) is 21.0. The van der Waals surface area contributed by atoms with Gasteiger partial charge in [0.05, 0.1) is 6.61 Å². The fourth-order valence-electron chi connectivity index (χ4n) is 4.27. The van der Waals surface area contributed by atoms with Gasteiger partial charge < -0.3 is 4.74 Å². The molecule has 0 saturated heterocycles. The van der Waals surface area contributed by atoms with Gasteiger partial charge in [-0.25, -0.2) is 13.2 Å². The van der Waals surface area contributed by atoms with Crippen LogP contribution in [0.1, 0.15) is 77.2 Å². The highest BCUT2D eigenvalue weighted by Crippen LogP contribution is 2.31. The van der Waals surface area contributed by atoms with Crippen molar-refractivity contribution in [1.29, 1.82) is 0 Å². The highest BCUT2D eigenvalue weighted by molar-refractivity contribution is 5.71. The smallest absolute Gasteiger partial charge is 0.195 e. The van der Waals surface area contributed by atoms with Gasteiger partial charge >= 0.3 is 0 Å². The predicted molar refractivity (Wildman–Crippen MR) is 139 cm³/mol. The van der Waals surface area contributed by atoms with E-state index in [4.69, 9.17) is 4.74 Å². The van der Waals surface area contributed by atoms with Crippen LogP contribution in [0.5, 0.6) is 5.75 Å². The lowest BCUT2D eigenvalue weighted by Gasteiger charge is -2.11. The minimum absolute atomic E-state index is 0.0976. The standard InChI is InChI=1S/C31H37F3O/c1-3-5-7-8-9-11-21-35-27-19-17-24(18-20-27)23-13-15-25(16-14-23)28-22-26(12-10-6-4-2)29(32)31(34)30(28)33/h13-20,22H,3-12,21H2,1-2H3. The molecule has 188 valence electrons. The third-order valence-electron chi connectivity index (χ3n) is 6.42. The van der Waals surface area contributed by atoms with E-state index < -0.39 is 17.5 Å². The van der Waals surface area contributed by atoms with Gasteiger partial charge in [-0.2, -0.15) is 0 Å². The first-order valence-corrected chi connectivity index (χ1v) is 13.0. The molecule has 0 aliphatic heterocycles. The number of rotatable bonds is 14. The van der Waals surface area contributed by atoms with E-state index in [1.165, 1.54) is 38.2 Å². The molecule has 35 heavy (non-hydrogen) atoms. The summed E-state index contributed by atoms with van der Waals surface area (Å²) in [6, 6.07) is 16.6. The lowest BCUT2D eigenvalue weighted by atomic mass is 9.96. The fraction of sp³-hybridized carbons (Fsp3) is 0.419. The van der Waals surface area contributed by atoms with E-state index >= 15 is 0 Å². The Hall–Kier alpha value is -2.75. The molecule has 0 bridgehead atoms. The summed E-state index contributed by atoms with van der Waals surface area (Å²) in [6.45, 7) is 4.99. The zero-order chi connectivity index (χ0) is 25.0. The molecule has 1 nitrogen and oxygen atoms in total. The van der Waals surface area contributed by atoms with Crippen molar-refractivity contribution in [1.82, 2.24) is 0 Å². The maximum absolute atomic E-state index is 14.6. The molecule has 0 aromatic heterocycles. The van der Waals surface area contributed by atoms with E-state index in [0.29, 0.717) is 12.0 Å². The van der Waals surface area contributed by atoms with Gasteiger partial charge in [-0.1, -0.05) is 95.2 Å². The summed E-state index contributed by atoms with van der Waals surface area (Å²) in [7, 11) is 0. The third-order valence-corrected chi connectivity index (χ3v) is 6.42. The molecule has 4 heteroatoms. The Morgan fingerprint density at radius 3 is 1.77 bits per heavy atom. The average Bonchev–Trinajstić information content (AvgIpc) is 2.89. The van der Waals surface area contributed by atoms with E-state index in [1.807, 2.05) is 43.3 Å². The largest absolute Gasteiger partial charge is 0.494 e. The summed E-state index contributed by atoms with van der Waals surface area (Å²) in [4.78, 5) is 0. The van der Waals surface area contributed by atoms with Crippen LogP contribution in [0.2, 0.25) is 0 Å². The second-order valence-electron chi connectivity index (χ2n) is 9.20. The molecule has 0 aliphatic carbocycles. The van der Waals surface area contributed by atoms with E-state index in [1.54, 1.807) is 12.1 Å². The van der Waals surface area contributed by atoms with Crippen molar-refractivity contribution in [2.75, 3.05) is 6.61 Å². The van der Waals surface area contributed by atoms with Gasteiger partial charge in [-0.3, -0.25) is 0 Å². The molecule has 3 rings (SSSR count). The number of benzene rings is 3. The van der Waals surface area contributed by atoms with E-state index in [0.717, 1.165) is 49.2 Å². The first-order valence-electron chi connectivity index (χ1n) is 13.0. The summed E-state index contributed by atoms with van der Waals surface area (Å²) < 4.78 is 48.9. The Kier molecular flexibility index (Phi) is 10.7. The maximum atomic E-state index is 14.6. The maximum Gasteiger partial charge on any atom is 0.195 e. The normalized spacial score (nSPS) is 11.1. The van der Waals surface area contributed by atoms with Gasteiger partial charge in [0.1, 0.15) is 5.75 Å². The van der Waals surface area contributed by atoms with Gasteiger partial charge in [-0.15, -0.1) is 0 Å². The van der Waals surface area contributed by atoms with Crippen molar-refractivity contribution >= 4 is 0 Å². The van der Waals surface area contributed by atoms with Crippen molar-refractivity contribution in [3.8, 4) is 28.0 Å². The number of aryl methyl sites for hydroxylation is 1. The number of unbranched alkanes of at least 4 members (excludes halogenated alkanes) is 7. The highest BCUT2D eigenvalue weighted by atomic mass is 19.2. The molecule has 0 N–H and O–H groups in total. The van der Waals surface area contributed by atoms with Crippen molar-refractivity contribution in [3.05, 3.63) is 77.6 Å².